The Morgan fingerprint density at radius 2 is 2.33 bits per heavy atom. The Balaban J connectivity index is 2.60. The maximum atomic E-state index is 8.80. The summed E-state index contributed by atoms with van der Waals surface area (Å²) in [6, 6.07) is 8.12. The summed E-state index contributed by atoms with van der Waals surface area (Å²) in [7, 11) is 0. The lowest BCUT2D eigenvalue weighted by molar-refractivity contribution is 0.713. The predicted molar refractivity (Wildman–Crippen MR) is 46.4 cm³/mol. The van der Waals surface area contributed by atoms with E-state index in [4.69, 9.17) is 11.0 Å². The van der Waals surface area contributed by atoms with Gasteiger partial charge in [0, 0.05) is 6.04 Å². The molecule has 0 aliphatic heterocycles. The largest absolute Gasteiger partial charge is 0.324 e. The van der Waals surface area contributed by atoms with Gasteiger partial charge in [0.25, 0.3) is 0 Å². The molecule has 0 saturated heterocycles. The predicted octanol–water partition coefficient (Wildman–Crippen LogP) is 1.50. The van der Waals surface area contributed by atoms with E-state index < -0.39 is 0 Å². The minimum absolute atomic E-state index is 0.147. The van der Waals surface area contributed by atoms with Crippen LogP contribution in [0, 0.1) is 11.3 Å². The minimum atomic E-state index is 0.147. The summed E-state index contributed by atoms with van der Waals surface area (Å²) in [5.41, 5.74) is 8.97. The van der Waals surface area contributed by atoms with Gasteiger partial charge >= 0.3 is 0 Å². The second-order valence-electron chi connectivity index (χ2n) is 3.13. The first kappa shape index (κ1) is 7.33. The second kappa shape index (κ2) is 2.62. The van der Waals surface area contributed by atoms with Crippen molar-refractivity contribution in [2.45, 2.75) is 18.9 Å². The molecule has 0 saturated carbocycles. The van der Waals surface area contributed by atoms with Crippen LogP contribution in [0.15, 0.2) is 18.2 Å². The molecule has 12 heavy (non-hydrogen) atoms. The van der Waals surface area contributed by atoms with Crippen LogP contribution in [0.5, 0.6) is 0 Å². The molecule has 1 aliphatic rings. The highest BCUT2D eigenvalue weighted by molar-refractivity contribution is 5.46. The van der Waals surface area contributed by atoms with E-state index in [0.29, 0.717) is 0 Å². The van der Waals surface area contributed by atoms with E-state index in [0.717, 1.165) is 29.5 Å². The lowest BCUT2D eigenvalue weighted by atomic mass is 10.0. The van der Waals surface area contributed by atoms with Crippen molar-refractivity contribution in [2.75, 3.05) is 0 Å². The lowest BCUT2D eigenvalue weighted by Crippen LogP contribution is -2.04. The molecule has 0 heterocycles. The number of benzene rings is 1. The Hall–Kier alpha value is -1.33. The molecular weight excluding hydrogens is 148 g/mol. The first-order chi connectivity index (χ1) is 5.83. The van der Waals surface area contributed by atoms with Crippen molar-refractivity contribution in [3.8, 4) is 6.07 Å². The average Bonchev–Trinajstić information content (AvgIpc) is 2.48. The fourth-order valence-corrected chi connectivity index (χ4v) is 1.79. The molecule has 0 aromatic heterocycles. The van der Waals surface area contributed by atoms with Crippen molar-refractivity contribution in [1.82, 2.24) is 0 Å². The van der Waals surface area contributed by atoms with Crippen molar-refractivity contribution in [3.63, 3.8) is 0 Å². The van der Waals surface area contributed by atoms with Crippen LogP contribution < -0.4 is 5.73 Å². The summed E-state index contributed by atoms with van der Waals surface area (Å²) in [4.78, 5) is 0. The van der Waals surface area contributed by atoms with Crippen molar-refractivity contribution < 1.29 is 0 Å². The van der Waals surface area contributed by atoms with Crippen molar-refractivity contribution in [2.24, 2.45) is 5.73 Å². The van der Waals surface area contributed by atoms with Gasteiger partial charge in [-0.2, -0.15) is 5.26 Å². The molecule has 1 atom stereocenters. The zero-order valence-electron chi connectivity index (χ0n) is 6.75. The van der Waals surface area contributed by atoms with E-state index >= 15 is 0 Å². The van der Waals surface area contributed by atoms with E-state index in [2.05, 4.69) is 6.07 Å². The molecule has 60 valence electrons. The lowest BCUT2D eigenvalue weighted by Gasteiger charge is -2.03. The Morgan fingerprint density at radius 1 is 1.50 bits per heavy atom. The zero-order valence-corrected chi connectivity index (χ0v) is 6.75. The van der Waals surface area contributed by atoms with E-state index in [1.165, 1.54) is 0 Å². The molecule has 1 aromatic rings. The Kier molecular flexibility index (Phi) is 1.60. The first-order valence-electron chi connectivity index (χ1n) is 4.10. The zero-order chi connectivity index (χ0) is 8.55. The van der Waals surface area contributed by atoms with Gasteiger partial charge in [0.2, 0.25) is 0 Å². The van der Waals surface area contributed by atoms with Crippen LogP contribution in [0.4, 0.5) is 0 Å². The number of nitriles is 1. The average molecular weight is 158 g/mol. The second-order valence-corrected chi connectivity index (χ2v) is 3.13. The van der Waals surface area contributed by atoms with Gasteiger partial charge in [0.15, 0.2) is 0 Å². The van der Waals surface area contributed by atoms with Crippen LogP contribution in [0.25, 0.3) is 0 Å². The summed E-state index contributed by atoms with van der Waals surface area (Å²) in [5, 5.41) is 8.80. The smallest absolute Gasteiger partial charge is 0.0994 e. The van der Waals surface area contributed by atoms with Crippen molar-refractivity contribution >= 4 is 0 Å². The maximum absolute atomic E-state index is 8.80. The van der Waals surface area contributed by atoms with Crippen LogP contribution in [0.3, 0.4) is 0 Å². The van der Waals surface area contributed by atoms with Gasteiger partial charge in [-0.05, 0) is 30.0 Å². The van der Waals surface area contributed by atoms with E-state index in [1.54, 1.807) is 0 Å². The van der Waals surface area contributed by atoms with E-state index in [9.17, 15) is 0 Å². The van der Waals surface area contributed by atoms with Crippen LogP contribution in [0.2, 0.25) is 0 Å². The standard InChI is InChI=1S/C10H10N2/c11-6-7-2-1-3-9-8(7)4-5-10(9)12/h1-3,10H,4-5,12H2/t10-/m1/s1. The van der Waals surface area contributed by atoms with Gasteiger partial charge in [0.1, 0.15) is 0 Å². The highest BCUT2D eigenvalue weighted by Crippen LogP contribution is 2.30. The summed E-state index contributed by atoms with van der Waals surface area (Å²) in [6.07, 6.45) is 1.94. The monoisotopic (exact) mass is 158 g/mol. The quantitative estimate of drug-likeness (QED) is 0.622. The van der Waals surface area contributed by atoms with Gasteiger partial charge in [-0.25, -0.2) is 0 Å². The van der Waals surface area contributed by atoms with Crippen molar-refractivity contribution in [3.05, 3.63) is 34.9 Å². The van der Waals surface area contributed by atoms with E-state index in [-0.39, 0.29) is 6.04 Å². The fraction of sp³-hybridized carbons (Fsp3) is 0.300. The number of rotatable bonds is 0. The van der Waals surface area contributed by atoms with E-state index in [1.807, 2.05) is 18.2 Å². The molecule has 0 amide bonds. The molecule has 0 spiro atoms. The number of fused-ring (bicyclic) bond motifs is 1. The molecule has 0 unspecified atom stereocenters. The SMILES string of the molecule is N#Cc1cccc2c1CC[C@H]2N. The molecular formula is C10H10N2. The molecule has 0 fully saturated rings. The molecule has 0 bridgehead atoms. The molecule has 2 rings (SSSR count). The third kappa shape index (κ3) is 0.910. The molecule has 1 aliphatic carbocycles. The third-order valence-electron chi connectivity index (χ3n) is 2.44. The first-order valence-corrected chi connectivity index (χ1v) is 4.10. The number of nitrogens with two attached hydrogens (primary N) is 1. The molecule has 2 N–H and O–H groups in total. The molecule has 2 nitrogen and oxygen atoms in total. The third-order valence-corrected chi connectivity index (χ3v) is 2.44. The maximum Gasteiger partial charge on any atom is 0.0994 e. The van der Waals surface area contributed by atoms with Gasteiger partial charge in [-0.1, -0.05) is 12.1 Å². The topological polar surface area (TPSA) is 49.8 Å². The van der Waals surface area contributed by atoms with Gasteiger partial charge in [-0.15, -0.1) is 0 Å². The van der Waals surface area contributed by atoms with Gasteiger partial charge in [0.05, 0.1) is 11.6 Å². The number of hydrogen-bond donors (Lipinski definition) is 1. The van der Waals surface area contributed by atoms with Crippen LogP contribution in [-0.2, 0) is 6.42 Å². The fourth-order valence-electron chi connectivity index (χ4n) is 1.79. The molecule has 0 radical (unpaired) electrons. The van der Waals surface area contributed by atoms with Crippen LogP contribution in [-0.4, -0.2) is 0 Å². The van der Waals surface area contributed by atoms with Crippen molar-refractivity contribution in [1.29, 1.82) is 5.26 Å². The Bertz CT molecular complexity index is 349. The Labute approximate surface area is 71.6 Å². The summed E-state index contributed by atoms with van der Waals surface area (Å²) >= 11 is 0. The number of nitrogens with zero attached hydrogens (tertiary/aromatic N) is 1. The Morgan fingerprint density at radius 3 is 3.08 bits per heavy atom. The van der Waals surface area contributed by atoms with Crippen LogP contribution in [0.1, 0.15) is 29.2 Å². The molecule has 2 heteroatoms. The summed E-state index contributed by atoms with van der Waals surface area (Å²) in [6.45, 7) is 0. The van der Waals surface area contributed by atoms with Gasteiger partial charge < -0.3 is 5.73 Å². The highest BCUT2D eigenvalue weighted by atomic mass is 14.6. The minimum Gasteiger partial charge on any atom is -0.324 e. The summed E-state index contributed by atoms with van der Waals surface area (Å²) < 4.78 is 0. The molecule has 1 aromatic carbocycles. The highest BCUT2D eigenvalue weighted by Gasteiger charge is 2.20. The van der Waals surface area contributed by atoms with Crippen LogP contribution >= 0.6 is 0 Å². The normalized spacial score (nSPS) is 20.2. The number of hydrogen-bond acceptors (Lipinski definition) is 2. The van der Waals surface area contributed by atoms with Gasteiger partial charge in [-0.3, -0.25) is 0 Å². The summed E-state index contributed by atoms with van der Waals surface area (Å²) in [5.74, 6) is 0.